The lowest BCUT2D eigenvalue weighted by molar-refractivity contribution is -0.200. The number of amides is 2. The molecule has 1 N–H and O–H groups in total. The highest BCUT2D eigenvalue weighted by Gasteiger charge is 2.48. The van der Waals surface area contributed by atoms with Crippen LogP contribution in [0.5, 0.6) is 0 Å². The molecule has 3 aliphatic heterocycles. The molecule has 1 spiro atoms. The lowest BCUT2D eigenvalue weighted by Gasteiger charge is -2.45. The van der Waals surface area contributed by atoms with Crippen molar-refractivity contribution in [3.63, 3.8) is 0 Å². The number of anilines is 1. The fraction of sp³-hybridized carbons (Fsp3) is 0.667. The molecule has 1 atom stereocenters. The molecule has 36 heavy (non-hydrogen) atoms. The Balaban J connectivity index is 1.44. The third kappa shape index (κ3) is 5.22. The van der Waals surface area contributed by atoms with E-state index >= 15 is 0 Å². The molecule has 0 aliphatic carbocycles. The number of halogens is 3. The van der Waals surface area contributed by atoms with Gasteiger partial charge in [0.1, 0.15) is 5.82 Å². The normalized spacial score (nSPS) is 21.5. The number of rotatable bonds is 4. The van der Waals surface area contributed by atoms with E-state index in [1.807, 2.05) is 9.80 Å². The summed E-state index contributed by atoms with van der Waals surface area (Å²) in [5.41, 5.74) is -0.0270. The molecule has 1 unspecified atom stereocenters. The van der Waals surface area contributed by atoms with Crippen LogP contribution in [-0.4, -0.2) is 88.4 Å². The molecule has 1 aromatic heterocycles. The van der Waals surface area contributed by atoms with Crippen LogP contribution >= 0.6 is 0 Å². The summed E-state index contributed by atoms with van der Waals surface area (Å²) in [5.74, 6) is -0.843. The molecule has 0 bridgehead atoms. The van der Waals surface area contributed by atoms with Gasteiger partial charge in [-0.25, -0.2) is 9.78 Å². The number of piperidine rings is 2. The maximum Gasteiger partial charge on any atom is 0.425 e. The number of likely N-dealkylation sites (tertiary alicyclic amines) is 2. The van der Waals surface area contributed by atoms with Crippen molar-refractivity contribution in [3.05, 3.63) is 23.9 Å². The second-order valence-electron chi connectivity index (χ2n) is 9.81. The molecule has 0 radical (unpaired) electrons. The van der Waals surface area contributed by atoms with Gasteiger partial charge in [0.2, 0.25) is 0 Å². The summed E-state index contributed by atoms with van der Waals surface area (Å²) in [7, 11) is 0. The van der Waals surface area contributed by atoms with Crippen molar-refractivity contribution in [1.29, 1.82) is 0 Å². The van der Waals surface area contributed by atoms with Gasteiger partial charge in [0.05, 0.1) is 11.5 Å². The van der Waals surface area contributed by atoms with Crippen LogP contribution in [0.25, 0.3) is 0 Å². The van der Waals surface area contributed by atoms with Crippen molar-refractivity contribution in [2.24, 2.45) is 5.92 Å². The largest absolute Gasteiger partial charge is 0.481 e. The Bertz CT molecular complexity index is 988. The van der Waals surface area contributed by atoms with Crippen molar-refractivity contribution < 1.29 is 37.4 Å². The summed E-state index contributed by atoms with van der Waals surface area (Å²) in [6.45, 7) is 2.74. The van der Waals surface area contributed by atoms with Crippen molar-refractivity contribution in [2.45, 2.75) is 63.3 Å². The topological polar surface area (TPSA) is 103 Å². The average molecular weight is 513 g/mol. The summed E-state index contributed by atoms with van der Waals surface area (Å²) in [6.07, 6.45) is -2.78. The highest BCUT2D eigenvalue weighted by atomic mass is 19.4. The number of carboxylic acid groups (broad SMARTS) is 1. The highest BCUT2D eigenvalue weighted by Crippen LogP contribution is 2.40. The van der Waals surface area contributed by atoms with Crippen LogP contribution in [0.15, 0.2) is 18.3 Å². The van der Waals surface area contributed by atoms with Gasteiger partial charge in [0, 0.05) is 44.5 Å². The first kappa shape index (κ1) is 26.0. The van der Waals surface area contributed by atoms with Crippen LogP contribution in [-0.2, 0) is 9.53 Å². The molecule has 0 saturated carbocycles. The van der Waals surface area contributed by atoms with E-state index in [0.717, 1.165) is 19.8 Å². The van der Waals surface area contributed by atoms with Gasteiger partial charge in [0.15, 0.2) is 6.10 Å². The van der Waals surface area contributed by atoms with E-state index < -0.39 is 35.8 Å². The molecule has 9 nitrogen and oxygen atoms in total. The van der Waals surface area contributed by atoms with Crippen LogP contribution in [0, 0.1) is 5.92 Å². The van der Waals surface area contributed by atoms with Crippen molar-refractivity contribution in [2.75, 3.05) is 37.6 Å². The number of hydrogen-bond acceptors (Lipinski definition) is 6. The monoisotopic (exact) mass is 512 g/mol. The maximum atomic E-state index is 13.8. The molecule has 12 heteroatoms. The molecule has 0 aromatic carbocycles. The van der Waals surface area contributed by atoms with Crippen LogP contribution in [0.2, 0.25) is 0 Å². The number of carbonyl (C=O) groups is 3. The zero-order valence-electron chi connectivity index (χ0n) is 20.2. The van der Waals surface area contributed by atoms with Crippen molar-refractivity contribution >= 4 is 23.8 Å². The minimum atomic E-state index is -4.62. The third-order valence-electron chi connectivity index (χ3n) is 7.69. The Morgan fingerprint density at radius 2 is 1.78 bits per heavy atom. The first-order chi connectivity index (χ1) is 17.0. The number of carbonyl (C=O) groups excluding carboxylic acids is 2. The van der Waals surface area contributed by atoms with Gasteiger partial charge in [-0.05, 0) is 57.6 Å². The van der Waals surface area contributed by atoms with Gasteiger partial charge in [-0.2, -0.15) is 13.2 Å². The summed E-state index contributed by atoms with van der Waals surface area (Å²) >= 11 is 0. The van der Waals surface area contributed by atoms with Gasteiger partial charge in [-0.3, -0.25) is 9.59 Å². The van der Waals surface area contributed by atoms with E-state index in [2.05, 4.69) is 9.72 Å². The van der Waals surface area contributed by atoms with E-state index in [0.29, 0.717) is 56.7 Å². The predicted octanol–water partition coefficient (Wildman–Crippen LogP) is 3.54. The smallest absolute Gasteiger partial charge is 0.425 e. The second-order valence-corrected chi connectivity index (χ2v) is 9.81. The Labute approximate surface area is 207 Å². The Hall–Kier alpha value is -3.05. The molecule has 4 rings (SSSR count). The quantitative estimate of drug-likeness (QED) is 0.658. The highest BCUT2D eigenvalue weighted by molar-refractivity contribution is 5.99. The molecule has 3 saturated heterocycles. The van der Waals surface area contributed by atoms with Gasteiger partial charge in [0.25, 0.3) is 5.91 Å². The molecule has 3 fully saturated rings. The summed E-state index contributed by atoms with van der Waals surface area (Å²) in [6, 6.07) is 3.43. The van der Waals surface area contributed by atoms with Gasteiger partial charge in [-0.15, -0.1) is 0 Å². The number of carboxylic acids is 1. The van der Waals surface area contributed by atoms with Gasteiger partial charge >= 0.3 is 18.2 Å². The van der Waals surface area contributed by atoms with Crippen molar-refractivity contribution in [3.8, 4) is 0 Å². The lowest BCUT2D eigenvalue weighted by atomic mass is 9.84. The molecule has 2 amide bonds. The third-order valence-corrected chi connectivity index (χ3v) is 7.69. The van der Waals surface area contributed by atoms with E-state index in [1.165, 1.54) is 4.90 Å². The molecule has 1 aromatic rings. The first-order valence-electron chi connectivity index (χ1n) is 12.3. The minimum absolute atomic E-state index is 0.169. The van der Waals surface area contributed by atoms with Crippen LogP contribution in [0.3, 0.4) is 0 Å². The average Bonchev–Trinajstić information content (AvgIpc) is 3.26. The number of hydrogen-bond donors (Lipinski definition) is 1. The Kier molecular flexibility index (Phi) is 7.33. The van der Waals surface area contributed by atoms with E-state index in [4.69, 9.17) is 0 Å². The summed E-state index contributed by atoms with van der Waals surface area (Å²) in [5, 5.41) is 9.28. The second kappa shape index (κ2) is 10.1. The minimum Gasteiger partial charge on any atom is -0.481 e. The molecule has 4 heterocycles. The fourth-order valence-corrected chi connectivity index (χ4v) is 5.47. The Morgan fingerprint density at radius 1 is 1.11 bits per heavy atom. The zero-order valence-corrected chi connectivity index (χ0v) is 20.2. The molecular formula is C24H31F3N4O5. The van der Waals surface area contributed by atoms with Crippen molar-refractivity contribution in [1.82, 2.24) is 14.8 Å². The zero-order chi connectivity index (χ0) is 26.1. The van der Waals surface area contributed by atoms with E-state index in [-0.39, 0.29) is 19.0 Å². The molecule has 3 aliphatic rings. The SMILES string of the molecule is CC(OC(=O)N1CCC2(CCCN2C(=O)c2cccnc2N2CCC(C(=O)O)CC2)CC1)C(F)(F)F. The first-order valence-corrected chi connectivity index (χ1v) is 12.3. The molecular weight excluding hydrogens is 481 g/mol. The van der Waals surface area contributed by atoms with Crippen LogP contribution in [0.4, 0.5) is 23.8 Å². The lowest BCUT2D eigenvalue weighted by Crippen LogP contribution is -2.55. The predicted molar refractivity (Wildman–Crippen MR) is 123 cm³/mol. The number of nitrogens with zero attached hydrogens (tertiary/aromatic N) is 4. The molecule has 198 valence electrons. The number of aliphatic carboxylic acids is 1. The maximum absolute atomic E-state index is 13.8. The summed E-state index contributed by atoms with van der Waals surface area (Å²) < 4.78 is 42.9. The van der Waals surface area contributed by atoms with Crippen LogP contribution < -0.4 is 4.90 Å². The van der Waals surface area contributed by atoms with E-state index in [9.17, 15) is 32.7 Å². The fourth-order valence-electron chi connectivity index (χ4n) is 5.47. The number of ether oxygens (including phenoxy) is 1. The summed E-state index contributed by atoms with van der Waals surface area (Å²) in [4.78, 5) is 46.8. The Morgan fingerprint density at radius 3 is 2.39 bits per heavy atom. The number of aromatic nitrogens is 1. The number of alkyl halides is 3. The standard InChI is InChI=1S/C24H31F3N4O5/c1-16(24(25,26)27)36-22(35)30-14-8-23(9-15-30)7-3-11-31(23)20(32)18-4-2-10-28-19(18)29-12-5-17(6-13-29)21(33)34/h2,4,10,16-17H,3,5-9,11-15H2,1H3,(H,33,34). The van der Waals surface area contributed by atoms with E-state index in [1.54, 1.807) is 18.3 Å². The van der Waals surface area contributed by atoms with Gasteiger partial charge < -0.3 is 24.5 Å². The number of pyridine rings is 1. The van der Waals surface area contributed by atoms with Gasteiger partial charge in [-0.1, -0.05) is 0 Å². The van der Waals surface area contributed by atoms with Crippen LogP contribution in [0.1, 0.15) is 55.8 Å².